The maximum atomic E-state index is 15.6. The van der Waals surface area contributed by atoms with Crippen molar-refractivity contribution in [2.75, 3.05) is 4.90 Å². The Bertz CT molecular complexity index is 1440. The first-order chi connectivity index (χ1) is 18.7. The molecule has 0 spiro atoms. The Morgan fingerprint density at radius 3 is 2.94 bits per heavy atom. The van der Waals surface area contributed by atoms with E-state index in [1.807, 2.05) is 0 Å². The Labute approximate surface area is 195 Å². The monoisotopic (exact) mass is 445 g/mol. The van der Waals surface area contributed by atoms with E-state index in [0.717, 1.165) is 11.3 Å². The number of fused-ring (bicyclic) bond motifs is 2. The average Bonchev–Trinajstić information content (AvgIpc) is 3.43. The second kappa shape index (κ2) is 7.44. The number of phenolic OH excluding ortho intramolecular Hbond substituents is 1. The highest BCUT2D eigenvalue weighted by atomic mass is 19.1. The number of aromatic nitrogens is 7. The number of rotatable bonds is 5. The van der Waals surface area contributed by atoms with Crippen LogP contribution < -0.4 is 10.2 Å². The number of nitrogens with zero attached hydrogens (tertiary/aromatic N) is 8. The summed E-state index contributed by atoms with van der Waals surface area (Å²) in [7, 11) is 0. The molecule has 32 heavy (non-hydrogen) atoms. The molecule has 4 atom stereocenters. The van der Waals surface area contributed by atoms with E-state index in [-0.39, 0.29) is 46.8 Å². The van der Waals surface area contributed by atoms with Crippen LogP contribution in [-0.4, -0.2) is 70.8 Å². The van der Waals surface area contributed by atoms with Crippen molar-refractivity contribution in [2.45, 2.75) is 62.3 Å². The molecule has 4 heterocycles. The minimum absolute atomic E-state index is 0.0291. The maximum absolute atomic E-state index is 15.6. The summed E-state index contributed by atoms with van der Waals surface area (Å²) in [6, 6.07) is 0.171. The van der Waals surface area contributed by atoms with Crippen LogP contribution in [0.5, 0.6) is 5.75 Å². The van der Waals surface area contributed by atoms with E-state index < -0.39 is 44.0 Å². The number of hydrogen-bond acceptors (Lipinski definition) is 9. The molecule has 2 aliphatic heterocycles. The van der Waals surface area contributed by atoms with Crippen LogP contribution in [0.1, 0.15) is 43.0 Å². The molecule has 1 saturated carbocycles. The van der Waals surface area contributed by atoms with Gasteiger partial charge in [-0.3, -0.25) is 0 Å². The van der Waals surface area contributed by atoms with Crippen molar-refractivity contribution < 1.29 is 20.5 Å². The van der Waals surface area contributed by atoms with Gasteiger partial charge >= 0.3 is 0 Å². The van der Waals surface area contributed by atoms with E-state index >= 15 is 4.39 Å². The Kier molecular flexibility index (Phi) is 2.96. The third-order valence-corrected chi connectivity index (χ3v) is 6.07. The molecule has 3 fully saturated rings. The minimum Gasteiger partial charge on any atom is -0.507 e. The van der Waals surface area contributed by atoms with E-state index in [0.29, 0.717) is 11.2 Å². The summed E-state index contributed by atoms with van der Waals surface area (Å²) in [6.07, 6.45) is -4.01. The number of hydrogen-bond donors (Lipinski definition) is 2. The maximum Gasteiger partial charge on any atom is 0.245 e. The van der Waals surface area contributed by atoms with Crippen molar-refractivity contribution in [3.63, 3.8) is 0 Å². The minimum atomic E-state index is -2.62. The molecule has 2 saturated heterocycles. The first-order valence-electron chi connectivity index (χ1n) is 14.2. The van der Waals surface area contributed by atoms with Crippen molar-refractivity contribution >= 4 is 5.95 Å². The second-order valence-corrected chi connectivity index (χ2v) is 8.04. The highest BCUT2D eigenvalue weighted by Gasteiger charge is 2.48. The summed E-state index contributed by atoms with van der Waals surface area (Å²) < 4.78 is 79.2. The van der Waals surface area contributed by atoms with Gasteiger partial charge in [-0.2, -0.15) is 4.80 Å². The summed E-state index contributed by atoms with van der Waals surface area (Å²) in [5.41, 5.74) is 0.560. The third kappa shape index (κ3) is 3.36. The SMILES string of the molecule is [2H]C([2H])([2H])n1nnc(-c2ccc(-c3cnc(N([C@H]4C[C@@H]5CC[C@H](N5)[C@H]4F)C4([2H])C([2H])([2H])C4([2H])[2H])nn3)c(O)c2)n1. The summed E-state index contributed by atoms with van der Waals surface area (Å²) in [6.45, 7) is -2.61. The molecule has 10 nitrogen and oxygen atoms in total. The molecule has 11 heteroatoms. The number of phenols is 1. The highest BCUT2D eigenvalue weighted by Crippen LogP contribution is 2.39. The normalized spacial score (nSPS) is 35.2. The number of alkyl halides is 1. The lowest BCUT2D eigenvalue weighted by molar-refractivity contribution is 0.171. The van der Waals surface area contributed by atoms with Gasteiger partial charge in [-0.05, 0) is 49.4 Å². The summed E-state index contributed by atoms with van der Waals surface area (Å²) >= 11 is 0. The molecular weight excluding hydrogens is 413 g/mol. The zero-order chi connectivity index (χ0) is 28.8. The Morgan fingerprint density at radius 1 is 1.31 bits per heavy atom. The second-order valence-electron chi connectivity index (χ2n) is 8.04. The van der Waals surface area contributed by atoms with Gasteiger partial charge in [-0.25, -0.2) is 9.37 Å². The molecule has 3 aliphatic rings. The van der Waals surface area contributed by atoms with Crippen LogP contribution in [0, 0.1) is 0 Å². The first-order valence-corrected chi connectivity index (χ1v) is 10.2. The smallest absolute Gasteiger partial charge is 0.245 e. The first kappa shape index (κ1) is 12.7. The molecule has 2 aromatic heterocycles. The molecule has 0 amide bonds. The van der Waals surface area contributed by atoms with Crippen LogP contribution >= 0.6 is 0 Å². The van der Waals surface area contributed by atoms with Crippen LogP contribution in [-0.2, 0) is 6.98 Å². The van der Waals surface area contributed by atoms with E-state index in [1.54, 1.807) is 0 Å². The van der Waals surface area contributed by atoms with Gasteiger partial charge in [-0.15, -0.1) is 20.4 Å². The van der Waals surface area contributed by atoms with Gasteiger partial charge in [0.2, 0.25) is 11.8 Å². The molecule has 3 aromatic rings. The lowest BCUT2D eigenvalue weighted by atomic mass is 9.96. The van der Waals surface area contributed by atoms with Gasteiger partial charge in [0.15, 0.2) is 0 Å². The molecule has 2 N–H and O–H groups in total. The third-order valence-electron chi connectivity index (χ3n) is 6.07. The zero-order valence-electron chi connectivity index (χ0n) is 24.6. The summed E-state index contributed by atoms with van der Waals surface area (Å²) in [5.74, 6) is -0.604. The largest absolute Gasteiger partial charge is 0.507 e. The fraction of sp³-hybridized carbons (Fsp3) is 0.524. The Morgan fingerprint density at radius 2 is 2.22 bits per heavy atom. The predicted octanol–water partition coefficient (Wildman–Crippen LogP) is 1.63. The average molecular weight is 446 g/mol. The van der Waals surface area contributed by atoms with Gasteiger partial charge < -0.3 is 15.3 Å². The predicted molar refractivity (Wildman–Crippen MR) is 113 cm³/mol. The van der Waals surface area contributed by atoms with Gasteiger partial charge in [0, 0.05) is 38.8 Å². The molecule has 0 unspecified atom stereocenters. The van der Waals surface area contributed by atoms with Crippen LogP contribution in [0.4, 0.5) is 10.3 Å². The molecule has 2 bridgehead atoms. The fourth-order valence-corrected chi connectivity index (χ4v) is 4.51. The van der Waals surface area contributed by atoms with Crippen molar-refractivity contribution in [1.29, 1.82) is 0 Å². The van der Waals surface area contributed by atoms with Crippen LogP contribution in [0.15, 0.2) is 24.4 Å². The topological polar surface area (TPSA) is 118 Å². The van der Waals surface area contributed by atoms with Gasteiger partial charge in [0.05, 0.1) is 20.6 Å². The van der Waals surface area contributed by atoms with Gasteiger partial charge in [0.1, 0.15) is 17.6 Å². The molecule has 1 aliphatic carbocycles. The van der Waals surface area contributed by atoms with Gasteiger partial charge in [0.25, 0.3) is 0 Å². The number of nitrogens with one attached hydrogen (secondary N) is 1. The Hall–Kier alpha value is -3.21. The van der Waals surface area contributed by atoms with E-state index in [4.69, 9.17) is 11.0 Å². The number of aryl methyl sites for hydroxylation is 1. The van der Waals surface area contributed by atoms with Crippen molar-refractivity contribution in [3.05, 3.63) is 24.4 Å². The van der Waals surface area contributed by atoms with Crippen molar-refractivity contribution in [3.8, 4) is 28.4 Å². The van der Waals surface area contributed by atoms with Crippen LogP contribution in [0.2, 0.25) is 0 Å². The Balaban J connectivity index is 1.32. The molecule has 1 aromatic carbocycles. The van der Waals surface area contributed by atoms with Crippen molar-refractivity contribution in [1.82, 2.24) is 40.7 Å². The van der Waals surface area contributed by atoms with Gasteiger partial charge in [-0.1, -0.05) is 6.07 Å². The van der Waals surface area contributed by atoms with Crippen LogP contribution in [0.3, 0.4) is 0 Å². The summed E-state index contributed by atoms with van der Waals surface area (Å²) in [5, 5.41) is 32.9. The number of anilines is 1. The van der Waals surface area contributed by atoms with Crippen LogP contribution in [0.25, 0.3) is 22.6 Å². The standard InChI is InChI=1S/C21H24FN9O/c1-30-28-20(26-29-30)11-2-6-14(18(32)8-11)16-10-23-21(27-25-16)31(13-4-5-13)17-9-12-3-7-15(24-12)19(17)22/h2,6,8,10,12-13,15,17,19,24,32H,3-5,7,9H2,1H3/t12-,15-,17-,19+/m0/s1/i1D3,4D2,5D2,13D. The lowest BCUT2D eigenvalue weighted by Crippen LogP contribution is -2.57. The number of halogens is 1. The number of tetrazole rings is 1. The fourth-order valence-electron chi connectivity index (χ4n) is 4.51. The quantitative estimate of drug-likeness (QED) is 0.604. The zero-order valence-corrected chi connectivity index (χ0v) is 16.6. The number of piperidine rings is 1. The van der Waals surface area contributed by atoms with E-state index in [9.17, 15) is 5.11 Å². The lowest BCUT2D eigenvalue weighted by Gasteiger charge is -2.40. The molecule has 166 valence electrons. The number of benzene rings is 1. The summed E-state index contributed by atoms with van der Waals surface area (Å²) in [4.78, 5) is 5.71. The highest BCUT2D eigenvalue weighted by molar-refractivity contribution is 5.71. The van der Waals surface area contributed by atoms with E-state index in [1.165, 1.54) is 24.4 Å². The molecule has 6 rings (SSSR count). The molecule has 0 radical (unpaired) electrons. The van der Waals surface area contributed by atoms with E-state index in [2.05, 4.69) is 35.9 Å². The number of aromatic hydroxyl groups is 1. The molecular formula is C21H24FN9O. The van der Waals surface area contributed by atoms with Crippen molar-refractivity contribution in [2.24, 2.45) is 6.98 Å².